The SMILES string of the molecule is COC(=O)CNC(=O)C[C@H](CC(C)C)NC(=O)c1cc(-c2c(OC)cccc2OCc2ccccc2)n(C2CCC(C)CC2)n1.COC(=O)CNC(=O)C[C@H](CC(C)C)NC(=O)c1cc(-c2c(OC)cccc2OCc2ccccc2)n(C2CCCC(C)C2)n1.COC(=O)CNC(=O)C[C@H](CC(C)C)NC(=O)c1cc(-c2c(OC)cccc2OCc2ccccc2)n(CC2CCCCC2)n1. The van der Waals surface area contributed by atoms with E-state index >= 15 is 0 Å². The number of hydrogen-bond donors (Lipinski definition) is 6. The molecule has 3 aliphatic carbocycles. The summed E-state index contributed by atoms with van der Waals surface area (Å²) in [4.78, 5) is 114. The van der Waals surface area contributed by atoms with Crippen molar-refractivity contribution in [3.63, 3.8) is 0 Å². The first-order chi connectivity index (χ1) is 65.1. The third kappa shape index (κ3) is 32.1. The molecule has 12 rings (SSSR count). The van der Waals surface area contributed by atoms with Crippen LogP contribution in [-0.4, -0.2) is 163 Å². The van der Waals surface area contributed by atoms with Crippen molar-refractivity contribution in [1.82, 2.24) is 61.2 Å². The minimum absolute atomic E-state index is 0.0264. The third-order valence-electron chi connectivity index (χ3n) is 24.3. The highest BCUT2D eigenvalue weighted by Crippen LogP contribution is 2.46. The summed E-state index contributed by atoms with van der Waals surface area (Å²) in [5.74, 6) is 2.31. The number of nitrogens with zero attached hydrogens (tertiary/aromatic N) is 6. The second kappa shape index (κ2) is 53.2. The molecule has 30 heteroatoms. The van der Waals surface area contributed by atoms with Gasteiger partial charge in [0.25, 0.3) is 17.7 Å². The Hall–Kier alpha value is -13.0. The number of amides is 6. The molecule has 3 heterocycles. The fourth-order valence-corrected chi connectivity index (χ4v) is 17.6. The lowest BCUT2D eigenvalue weighted by molar-refractivity contribution is -0.141. The fraction of sp³-hybridized carbons (Fsp3) is 0.486. The number of esters is 3. The number of carbonyl (C=O) groups is 9. The highest BCUT2D eigenvalue weighted by Gasteiger charge is 2.34. The molecule has 3 saturated carbocycles. The maximum absolute atomic E-state index is 13.8. The Bertz CT molecular complexity index is 5310. The van der Waals surface area contributed by atoms with Crippen molar-refractivity contribution in [3.8, 4) is 68.3 Å². The van der Waals surface area contributed by atoms with Crippen molar-refractivity contribution >= 4 is 53.4 Å². The molecule has 9 aromatic rings. The number of aromatic nitrogens is 6. The molecule has 6 amide bonds. The van der Waals surface area contributed by atoms with Crippen LogP contribution >= 0.6 is 0 Å². The van der Waals surface area contributed by atoms with E-state index < -0.39 is 36.0 Å². The van der Waals surface area contributed by atoms with Gasteiger partial charge in [-0.25, -0.2) is 0 Å². The van der Waals surface area contributed by atoms with Gasteiger partial charge in [-0.1, -0.05) is 197 Å². The normalized spacial score (nSPS) is 16.0. The highest BCUT2D eigenvalue weighted by molar-refractivity contribution is 5.97. The lowest BCUT2D eigenvalue weighted by Gasteiger charge is -2.29. The van der Waals surface area contributed by atoms with Gasteiger partial charge in [0, 0.05) is 43.9 Å². The van der Waals surface area contributed by atoms with E-state index in [-0.39, 0.29) is 121 Å². The molecule has 0 saturated heterocycles. The number of hydrogen-bond acceptors (Lipinski definition) is 21. The van der Waals surface area contributed by atoms with Gasteiger partial charge in [0.15, 0.2) is 17.1 Å². The summed E-state index contributed by atoms with van der Waals surface area (Å²) in [5, 5.41) is 31.4. The van der Waals surface area contributed by atoms with Gasteiger partial charge in [-0.15, -0.1) is 0 Å². The minimum atomic E-state index is -0.536. The van der Waals surface area contributed by atoms with Crippen molar-refractivity contribution in [2.45, 2.75) is 234 Å². The Labute approximate surface area is 793 Å². The predicted molar refractivity (Wildman–Crippen MR) is 516 cm³/mol. The average Bonchev–Trinajstić information content (AvgIpc) is 1.65. The fourth-order valence-electron chi connectivity index (χ4n) is 17.6. The molecule has 135 heavy (non-hydrogen) atoms. The van der Waals surface area contributed by atoms with Gasteiger partial charge >= 0.3 is 17.9 Å². The zero-order valence-corrected chi connectivity index (χ0v) is 80.9. The van der Waals surface area contributed by atoms with E-state index in [1.165, 1.54) is 40.6 Å². The first-order valence-electron chi connectivity index (χ1n) is 47.4. The summed E-state index contributed by atoms with van der Waals surface area (Å²) in [6.07, 6.45) is 15.8. The lowest BCUT2D eigenvalue weighted by atomic mass is 9.87. The molecule has 6 aromatic carbocycles. The van der Waals surface area contributed by atoms with Gasteiger partial charge in [0.05, 0.1) is 88.5 Å². The maximum Gasteiger partial charge on any atom is 0.325 e. The van der Waals surface area contributed by atoms with Crippen LogP contribution in [0.1, 0.15) is 238 Å². The number of methoxy groups -OCH3 is 6. The Morgan fingerprint density at radius 1 is 0.363 bits per heavy atom. The monoisotopic (exact) mass is 1860 g/mol. The Kier molecular flexibility index (Phi) is 41.0. The molecular weight excluding hydrogens is 1720 g/mol. The molecule has 30 nitrogen and oxygen atoms in total. The van der Waals surface area contributed by atoms with Crippen LogP contribution in [0.3, 0.4) is 0 Å². The van der Waals surface area contributed by atoms with E-state index in [1.54, 1.807) is 39.5 Å². The highest BCUT2D eigenvalue weighted by atomic mass is 16.5. The summed E-state index contributed by atoms with van der Waals surface area (Å²) in [5.41, 5.74) is 8.32. The van der Waals surface area contributed by atoms with Gasteiger partial charge in [0.1, 0.15) is 74.0 Å². The molecule has 2 unspecified atom stereocenters. The second-order valence-electron chi connectivity index (χ2n) is 36.6. The zero-order valence-electron chi connectivity index (χ0n) is 80.9. The van der Waals surface area contributed by atoms with Gasteiger partial charge in [-0.05, 0) is 177 Å². The molecule has 0 bridgehead atoms. The van der Waals surface area contributed by atoms with Crippen molar-refractivity contribution < 1.29 is 85.8 Å². The standard InChI is InChI=1S/3C35H46N4O6/c1-23(2)17-26(19-32(40)36-21-33(41)44-5)37-35(42)28-20-29(39(38-28)27-14-9-11-24(3)18-27)34-30(43-4)15-10-16-31(34)45-22-25-12-7-6-8-13-25;1-23(2)18-26(19-32(40)36-21-33(41)44-5)37-35(42)28-20-29(39(38-28)27-16-14-24(3)15-17-27)34-30(43-4)12-9-13-31(34)45-22-25-10-7-6-8-11-25;1-24(2)18-27(19-32(40)36-21-33(41)44-4)37-35(42)28-20-29(39(38-28)22-25-12-7-5-8-13-25)34-30(43-3)16-11-17-31(34)45-23-26-14-9-6-10-15-26/h6-8,10,12-13,15-16,20,23-24,26-27H,9,11,14,17-19,21-22H2,1-5H3,(H,36,40)(H,37,42);6-13,20,23-24,26-27H,14-19,21-22H2,1-5H3,(H,36,40)(H,37,42);6,9-11,14-17,20,24-25,27H,5,7-8,12-13,18-19,21-23H2,1-4H3,(H,36,40)(H,37,42)/t2*24?,26-,27?;27-/m000/s1. The quantitative estimate of drug-likeness (QED) is 0.0153. The van der Waals surface area contributed by atoms with E-state index in [2.05, 4.69) is 60.0 Å². The number of carbonyl (C=O) groups excluding carboxylic acids is 9. The number of rotatable bonds is 43. The van der Waals surface area contributed by atoms with E-state index in [0.29, 0.717) is 97.9 Å². The average molecular weight is 1860 g/mol. The van der Waals surface area contributed by atoms with E-state index in [1.807, 2.05) is 201 Å². The Balaban J connectivity index is 0.000000209. The van der Waals surface area contributed by atoms with Crippen molar-refractivity contribution in [2.24, 2.45) is 35.5 Å². The molecule has 6 N–H and O–H groups in total. The van der Waals surface area contributed by atoms with Crippen LogP contribution in [0.5, 0.6) is 34.5 Å². The summed E-state index contributed by atoms with van der Waals surface area (Å²) >= 11 is 0. The van der Waals surface area contributed by atoms with Crippen LogP contribution in [0.15, 0.2) is 164 Å². The van der Waals surface area contributed by atoms with Crippen molar-refractivity contribution in [3.05, 3.63) is 198 Å². The van der Waals surface area contributed by atoms with Crippen LogP contribution in [0.4, 0.5) is 0 Å². The minimum Gasteiger partial charge on any atom is -0.496 e. The van der Waals surface area contributed by atoms with Crippen LogP contribution in [0, 0.1) is 35.5 Å². The van der Waals surface area contributed by atoms with Crippen LogP contribution in [0.2, 0.25) is 0 Å². The number of benzene rings is 6. The number of nitrogens with one attached hydrogen (secondary N) is 6. The van der Waals surface area contributed by atoms with Crippen LogP contribution < -0.4 is 60.3 Å². The van der Waals surface area contributed by atoms with Gasteiger partial charge in [-0.3, -0.25) is 57.2 Å². The smallest absolute Gasteiger partial charge is 0.325 e. The molecule has 3 fully saturated rings. The molecular formula is C105H138N12O18. The van der Waals surface area contributed by atoms with Crippen molar-refractivity contribution in [1.29, 1.82) is 0 Å². The largest absolute Gasteiger partial charge is 0.496 e. The molecule has 0 spiro atoms. The van der Waals surface area contributed by atoms with Gasteiger partial charge in [0.2, 0.25) is 17.7 Å². The summed E-state index contributed by atoms with van der Waals surface area (Å²) in [7, 11) is 8.66. The first-order valence-corrected chi connectivity index (χ1v) is 47.4. The van der Waals surface area contributed by atoms with Gasteiger partial charge < -0.3 is 74.5 Å². The first kappa shape index (κ1) is 104. The second-order valence-corrected chi connectivity index (χ2v) is 36.6. The topological polar surface area (TPSA) is 362 Å². The van der Waals surface area contributed by atoms with Crippen LogP contribution in [-0.2, 0) is 69.3 Å². The molecule has 0 radical (unpaired) electrons. The maximum atomic E-state index is 13.8. The van der Waals surface area contributed by atoms with Gasteiger partial charge in [-0.2, -0.15) is 15.3 Å². The summed E-state index contributed by atoms with van der Waals surface area (Å²) in [6.45, 7) is 17.8. The van der Waals surface area contributed by atoms with Crippen LogP contribution in [0.25, 0.3) is 33.8 Å². The molecule has 3 aromatic heterocycles. The van der Waals surface area contributed by atoms with Crippen molar-refractivity contribution in [2.75, 3.05) is 62.3 Å². The summed E-state index contributed by atoms with van der Waals surface area (Å²) < 4.78 is 56.2. The third-order valence-corrected chi connectivity index (χ3v) is 24.3. The molecule has 726 valence electrons. The number of ether oxygens (including phenoxy) is 9. The predicted octanol–water partition coefficient (Wildman–Crippen LogP) is 17.0. The Morgan fingerprint density at radius 3 is 1.05 bits per heavy atom. The molecule has 5 atom stereocenters. The Morgan fingerprint density at radius 2 is 0.704 bits per heavy atom. The van der Waals surface area contributed by atoms with E-state index in [9.17, 15) is 43.2 Å². The van der Waals surface area contributed by atoms with E-state index in [0.717, 1.165) is 115 Å². The molecule has 3 aliphatic rings. The lowest BCUT2D eigenvalue weighted by Crippen LogP contribution is -2.41. The zero-order chi connectivity index (χ0) is 96.9. The van der Waals surface area contributed by atoms with E-state index in [4.69, 9.17) is 43.7 Å². The molecule has 0 aliphatic heterocycles. The summed E-state index contributed by atoms with van der Waals surface area (Å²) in [6, 6.07) is 51.1.